The van der Waals surface area contributed by atoms with Gasteiger partial charge in [-0.3, -0.25) is 9.59 Å². The van der Waals surface area contributed by atoms with Crippen molar-refractivity contribution in [3.63, 3.8) is 0 Å². The highest BCUT2D eigenvalue weighted by Crippen LogP contribution is 2.16. The van der Waals surface area contributed by atoms with Crippen molar-refractivity contribution in [1.82, 2.24) is 10.2 Å². The van der Waals surface area contributed by atoms with E-state index in [9.17, 15) is 14.0 Å². The number of halogens is 1. The van der Waals surface area contributed by atoms with Crippen molar-refractivity contribution < 1.29 is 14.0 Å². The monoisotopic (exact) mass is 307 g/mol. The molecule has 1 aliphatic heterocycles. The van der Waals surface area contributed by atoms with Gasteiger partial charge in [0, 0.05) is 13.1 Å². The molecule has 1 fully saturated rings. The fourth-order valence-electron chi connectivity index (χ4n) is 2.77. The van der Waals surface area contributed by atoms with E-state index in [0.29, 0.717) is 19.5 Å². The van der Waals surface area contributed by atoms with E-state index in [0.717, 1.165) is 5.56 Å². The van der Waals surface area contributed by atoms with Gasteiger partial charge in [-0.05, 0) is 30.0 Å². The molecule has 0 spiro atoms. The third-order valence-electron chi connectivity index (χ3n) is 3.86. The molecule has 2 rings (SSSR count). The van der Waals surface area contributed by atoms with Gasteiger partial charge in [0.1, 0.15) is 11.9 Å². The molecule has 6 heteroatoms. The van der Waals surface area contributed by atoms with Crippen LogP contribution in [0.1, 0.15) is 19.4 Å². The summed E-state index contributed by atoms with van der Waals surface area (Å²) in [5, 5.41) is 2.78. The van der Waals surface area contributed by atoms with E-state index in [2.05, 4.69) is 5.32 Å². The number of carbonyl (C=O) groups excluding carboxylic acids is 2. The van der Waals surface area contributed by atoms with Crippen LogP contribution >= 0.6 is 0 Å². The molecular weight excluding hydrogens is 285 g/mol. The fraction of sp³-hybridized carbons (Fsp3) is 0.500. The molecule has 0 radical (unpaired) electrons. The second kappa shape index (κ2) is 6.87. The molecular formula is C16H22FN3O2. The van der Waals surface area contributed by atoms with Crippen molar-refractivity contribution in [2.24, 2.45) is 11.7 Å². The molecule has 2 atom stereocenters. The van der Waals surface area contributed by atoms with Crippen molar-refractivity contribution in [3.05, 3.63) is 35.6 Å². The summed E-state index contributed by atoms with van der Waals surface area (Å²) in [7, 11) is 0. The van der Waals surface area contributed by atoms with Gasteiger partial charge in [0.25, 0.3) is 0 Å². The number of hydrogen-bond donors (Lipinski definition) is 2. The van der Waals surface area contributed by atoms with Crippen LogP contribution < -0.4 is 11.1 Å². The number of nitrogens with two attached hydrogens (primary N) is 1. The highest BCUT2D eigenvalue weighted by atomic mass is 19.1. The number of rotatable bonds is 4. The third kappa shape index (κ3) is 3.62. The highest BCUT2D eigenvalue weighted by Gasteiger charge is 2.36. The summed E-state index contributed by atoms with van der Waals surface area (Å²) in [5.74, 6) is -0.681. The molecule has 1 unspecified atom stereocenters. The lowest BCUT2D eigenvalue weighted by molar-refractivity contribution is -0.145. The van der Waals surface area contributed by atoms with E-state index in [1.54, 1.807) is 17.0 Å². The number of piperazine rings is 1. The van der Waals surface area contributed by atoms with Gasteiger partial charge in [0.15, 0.2) is 0 Å². The zero-order valence-corrected chi connectivity index (χ0v) is 12.9. The summed E-state index contributed by atoms with van der Waals surface area (Å²) in [5.41, 5.74) is 6.81. The number of nitrogens with zero attached hydrogens (tertiary/aromatic N) is 1. The molecule has 3 N–H and O–H groups in total. The predicted octanol–water partition coefficient (Wildman–Crippen LogP) is 0.679. The van der Waals surface area contributed by atoms with Crippen molar-refractivity contribution in [2.75, 3.05) is 13.1 Å². The zero-order valence-electron chi connectivity index (χ0n) is 12.9. The highest BCUT2D eigenvalue weighted by molar-refractivity contribution is 5.91. The van der Waals surface area contributed by atoms with E-state index in [1.165, 1.54) is 12.1 Å². The maximum absolute atomic E-state index is 12.9. The Morgan fingerprint density at radius 2 is 2.05 bits per heavy atom. The number of benzene rings is 1. The van der Waals surface area contributed by atoms with Gasteiger partial charge in [0.05, 0.1) is 6.04 Å². The summed E-state index contributed by atoms with van der Waals surface area (Å²) in [4.78, 5) is 26.1. The van der Waals surface area contributed by atoms with Crippen molar-refractivity contribution in [3.8, 4) is 0 Å². The number of hydrogen-bond acceptors (Lipinski definition) is 3. The van der Waals surface area contributed by atoms with Crippen LogP contribution in [0.25, 0.3) is 0 Å². The molecule has 2 amide bonds. The van der Waals surface area contributed by atoms with Gasteiger partial charge >= 0.3 is 0 Å². The van der Waals surface area contributed by atoms with Crippen LogP contribution in [0, 0.1) is 11.7 Å². The molecule has 1 aromatic rings. The maximum Gasteiger partial charge on any atom is 0.243 e. The van der Waals surface area contributed by atoms with Crippen LogP contribution in [0.4, 0.5) is 4.39 Å². The Hall–Kier alpha value is -1.95. The summed E-state index contributed by atoms with van der Waals surface area (Å²) >= 11 is 0. The van der Waals surface area contributed by atoms with Crippen LogP contribution in [0.15, 0.2) is 24.3 Å². The molecule has 0 bridgehead atoms. The molecule has 0 aromatic heterocycles. The molecule has 1 aromatic carbocycles. The van der Waals surface area contributed by atoms with Gasteiger partial charge in [-0.15, -0.1) is 0 Å². The standard InChI is InChI=1S/C16H22FN3O2/c1-10(2)14-15(21)19-7-8-20(14)16(22)13(18)9-11-3-5-12(17)6-4-11/h3-6,10,13-14H,7-9,18H2,1-2H3,(H,19,21)/t13-,14?/m1/s1. The minimum Gasteiger partial charge on any atom is -0.353 e. The van der Waals surface area contributed by atoms with E-state index in [1.807, 2.05) is 13.8 Å². The van der Waals surface area contributed by atoms with Gasteiger partial charge in [-0.25, -0.2) is 4.39 Å². The van der Waals surface area contributed by atoms with Gasteiger partial charge in [-0.2, -0.15) is 0 Å². The minimum absolute atomic E-state index is 0.0160. The van der Waals surface area contributed by atoms with Crippen LogP contribution in [-0.2, 0) is 16.0 Å². The molecule has 120 valence electrons. The normalized spacial score (nSPS) is 20.0. The van der Waals surface area contributed by atoms with Crippen LogP contribution in [0.5, 0.6) is 0 Å². The minimum atomic E-state index is -0.738. The fourth-order valence-corrected chi connectivity index (χ4v) is 2.77. The molecule has 0 aliphatic carbocycles. The lowest BCUT2D eigenvalue weighted by Gasteiger charge is -2.38. The average Bonchev–Trinajstić information content (AvgIpc) is 2.48. The summed E-state index contributed by atoms with van der Waals surface area (Å²) in [6, 6.07) is 4.70. The molecule has 1 heterocycles. The predicted molar refractivity (Wildman–Crippen MR) is 81.4 cm³/mol. The Kier molecular flexibility index (Phi) is 5.13. The quantitative estimate of drug-likeness (QED) is 0.859. The Morgan fingerprint density at radius 3 is 2.64 bits per heavy atom. The molecule has 22 heavy (non-hydrogen) atoms. The SMILES string of the molecule is CC(C)C1C(=O)NCCN1C(=O)[C@H](N)Cc1ccc(F)cc1. The lowest BCUT2D eigenvalue weighted by Crippen LogP contribution is -2.62. The zero-order chi connectivity index (χ0) is 16.3. The Balaban J connectivity index is 2.08. The van der Waals surface area contributed by atoms with E-state index >= 15 is 0 Å². The maximum atomic E-state index is 12.9. The number of amides is 2. The third-order valence-corrected chi connectivity index (χ3v) is 3.86. The molecule has 1 aliphatic rings. The average molecular weight is 307 g/mol. The molecule has 1 saturated heterocycles. The molecule has 0 saturated carbocycles. The van der Waals surface area contributed by atoms with Crippen LogP contribution in [-0.4, -0.2) is 41.9 Å². The number of carbonyl (C=O) groups is 2. The van der Waals surface area contributed by atoms with Crippen molar-refractivity contribution >= 4 is 11.8 Å². The second-order valence-corrected chi connectivity index (χ2v) is 5.95. The second-order valence-electron chi connectivity index (χ2n) is 5.95. The molecule has 5 nitrogen and oxygen atoms in total. The number of nitrogens with one attached hydrogen (secondary N) is 1. The smallest absolute Gasteiger partial charge is 0.243 e. The lowest BCUT2D eigenvalue weighted by atomic mass is 9.97. The van der Waals surface area contributed by atoms with Crippen LogP contribution in [0.3, 0.4) is 0 Å². The van der Waals surface area contributed by atoms with Crippen LogP contribution in [0.2, 0.25) is 0 Å². The first-order valence-corrected chi connectivity index (χ1v) is 7.48. The van der Waals surface area contributed by atoms with Gasteiger partial charge in [0.2, 0.25) is 11.8 Å². The Bertz CT molecular complexity index is 545. The summed E-state index contributed by atoms with van der Waals surface area (Å²) < 4.78 is 12.9. The first-order valence-electron chi connectivity index (χ1n) is 7.48. The first-order chi connectivity index (χ1) is 10.4. The Labute approximate surface area is 129 Å². The topological polar surface area (TPSA) is 75.4 Å². The first kappa shape index (κ1) is 16.4. The van der Waals surface area contributed by atoms with E-state index in [-0.39, 0.29) is 23.5 Å². The summed E-state index contributed by atoms with van der Waals surface area (Å²) in [6.45, 7) is 4.71. The van der Waals surface area contributed by atoms with Crippen molar-refractivity contribution in [1.29, 1.82) is 0 Å². The largest absolute Gasteiger partial charge is 0.353 e. The van der Waals surface area contributed by atoms with Crippen molar-refractivity contribution in [2.45, 2.75) is 32.4 Å². The van der Waals surface area contributed by atoms with E-state index in [4.69, 9.17) is 5.73 Å². The van der Waals surface area contributed by atoms with Gasteiger partial charge < -0.3 is 16.0 Å². The Morgan fingerprint density at radius 1 is 1.41 bits per heavy atom. The summed E-state index contributed by atoms with van der Waals surface area (Å²) in [6.07, 6.45) is 0.321. The van der Waals surface area contributed by atoms with Gasteiger partial charge in [-0.1, -0.05) is 26.0 Å². The van der Waals surface area contributed by atoms with E-state index < -0.39 is 12.1 Å².